The fourth-order valence-corrected chi connectivity index (χ4v) is 2.71. The first-order chi connectivity index (χ1) is 8.24. The average Bonchev–Trinajstić information content (AvgIpc) is 2.68. The van der Waals surface area contributed by atoms with Crippen LogP contribution < -0.4 is 5.32 Å². The van der Waals surface area contributed by atoms with E-state index < -0.39 is 0 Å². The van der Waals surface area contributed by atoms with Gasteiger partial charge in [-0.15, -0.1) is 0 Å². The molecule has 1 aromatic heterocycles. The van der Waals surface area contributed by atoms with E-state index in [2.05, 4.69) is 21.9 Å². The molecule has 1 fully saturated rings. The molecule has 1 aliphatic rings. The molecule has 1 amide bonds. The van der Waals surface area contributed by atoms with E-state index in [1.807, 2.05) is 18.2 Å². The highest BCUT2D eigenvalue weighted by Gasteiger charge is 2.29. The van der Waals surface area contributed by atoms with Gasteiger partial charge in [0.15, 0.2) is 0 Å². The predicted molar refractivity (Wildman–Crippen MR) is 67.2 cm³/mol. The fraction of sp³-hybridized carbons (Fsp3) is 0.0833. The van der Waals surface area contributed by atoms with Crippen LogP contribution in [-0.4, -0.2) is 15.9 Å². The Morgan fingerprint density at radius 3 is 3.06 bits per heavy atom. The number of aromatic nitrogens is 2. The second-order valence-electron chi connectivity index (χ2n) is 3.75. The first-order valence-electron chi connectivity index (χ1n) is 5.10. The van der Waals surface area contributed by atoms with Crippen LogP contribution in [0.25, 0.3) is 10.9 Å². The summed E-state index contributed by atoms with van der Waals surface area (Å²) in [5.41, 5.74) is 1.83. The van der Waals surface area contributed by atoms with Crippen molar-refractivity contribution < 1.29 is 4.79 Å². The molecule has 0 saturated carbocycles. The molecular weight excluding hydrogens is 234 g/mol. The number of rotatable bonds is 1. The van der Waals surface area contributed by atoms with Crippen LogP contribution in [0, 0.1) is 0 Å². The number of fused-ring (bicyclic) bond motifs is 1. The van der Waals surface area contributed by atoms with Crippen molar-refractivity contribution in [2.45, 2.75) is 5.25 Å². The van der Waals surface area contributed by atoms with Crippen LogP contribution in [0.15, 0.2) is 42.3 Å². The number of hydrogen-bond donors (Lipinski definition) is 1. The van der Waals surface area contributed by atoms with Gasteiger partial charge in [0.2, 0.25) is 5.91 Å². The normalized spacial score (nSPS) is 19.6. The number of nitrogens with one attached hydrogen (secondary N) is 1. The second kappa shape index (κ2) is 3.85. The van der Waals surface area contributed by atoms with E-state index >= 15 is 0 Å². The smallest absolute Gasteiger partial charge is 0.242 e. The largest absolute Gasteiger partial charge is 0.320 e. The molecule has 1 N–H and O–H groups in total. The van der Waals surface area contributed by atoms with Gasteiger partial charge in [-0.1, -0.05) is 24.4 Å². The highest BCUT2D eigenvalue weighted by molar-refractivity contribution is 8.04. The van der Waals surface area contributed by atoms with Crippen molar-refractivity contribution in [3.8, 4) is 0 Å². The minimum absolute atomic E-state index is 0.0174. The number of benzene rings is 1. The number of hydrogen-bond acceptors (Lipinski definition) is 4. The van der Waals surface area contributed by atoms with Crippen molar-refractivity contribution in [3.05, 3.63) is 47.9 Å². The Bertz CT molecular complexity index is 626. The Morgan fingerprint density at radius 1 is 1.41 bits per heavy atom. The zero-order valence-corrected chi connectivity index (χ0v) is 9.70. The van der Waals surface area contributed by atoms with Gasteiger partial charge in [-0.05, 0) is 17.7 Å². The molecule has 1 unspecified atom stereocenters. The average molecular weight is 243 g/mol. The monoisotopic (exact) mass is 243 g/mol. The maximum absolute atomic E-state index is 11.7. The zero-order valence-electron chi connectivity index (χ0n) is 8.88. The summed E-state index contributed by atoms with van der Waals surface area (Å²) in [6.07, 6.45) is 3.26. The van der Waals surface area contributed by atoms with Crippen molar-refractivity contribution in [2.24, 2.45) is 0 Å². The number of nitrogens with zero attached hydrogens (tertiary/aromatic N) is 2. The lowest BCUT2D eigenvalue weighted by Crippen LogP contribution is -2.16. The summed E-state index contributed by atoms with van der Waals surface area (Å²) >= 11 is 1.44. The SMILES string of the molecule is C=C1NC(=O)C(c2ccc3ncncc3c2)S1. The standard InChI is InChI=1S/C12H9N3OS/c1-7-15-12(16)11(17-7)8-2-3-10-9(4-8)5-13-6-14-10/h2-6,11H,1H2,(H,15,16). The third-order valence-electron chi connectivity index (χ3n) is 2.59. The molecule has 0 bridgehead atoms. The van der Waals surface area contributed by atoms with Crippen molar-refractivity contribution in [3.63, 3.8) is 0 Å². The lowest BCUT2D eigenvalue weighted by molar-refractivity contribution is -0.119. The Kier molecular flexibility index (Phi) is 2.33. The Labute approximate surface area is 102 Å². The van der Waals surface area contributed by atoms with Crippen LogP contribution in [0.4, 0.5) is 0 Å². The van der Waals surface area contributed by atoms with E-state index in [1.54, 1.807) is 6.20 Å². The Hall–Kier alpha value is -1.88. The van der Waals surface area contributed by atoms with Gasteiger partial charge >= 0.3 is 0 Å². The summed E-state index contributed by atoms with van der Waals surface area (Å²) in [6, 6.07) is 5.78. The highest BCUT2D eigenvalue weighted by Crippen LogP contribution is 2.38. The van der Waals surface area contributed by atoms with Crippen molar-refractivity contribution in [1.29, 1.82) is 0 Å². The van der Waals surface area contributed by atoms with Gasteiger partial charge in [0.25, 0.3) is 0 Å². The summed E-state index contributed by atoms with van der Waals surface area (Å²) in [6.45, 7) is 3.75. The van der Waals surface area contributed by atoms with E-state index in [9.17, 15) is 4.79 Å². The molecule has 2 heterocycles. The first kappa shape index (κ1) is 10.3. The molecule has 0 spiro atoms. The molecule has 5 heteroatoms. The molecule has 0 aliphatic carbocycles. The van der Waals surface area contributed by atoms with E-state index in [0.29, 0.717) is 5.03 Å². The van der Waals surface area contributed by atoms with Gasteiger partial charge < -0.3 is 5.32 Å². The molecule has 4 nitrogen and oxygen atoms in total. The number of thioether (sulfide) groups is 1. The van der Waals surface area contributed by atoms with Gasteiger partial charge in [-0.3, -0.25) is 4.79 Å². The molecule has 1 atom stereocenters. The maximum atomic E-state index is 11.7. The van der Waals surface area contributed by atoms with E-state index in [-0.39, 0.29) is 11.2 Å². The minimum atomic E-state index is -0.216. The second-order valence-corrected chi connectivity index (χ2v) is 4.95. The van der Waals surface area contributed by atoms with E-state index in [0.717, 1.165) is 16.5 Å². The predicted octanol–water partition coefficient (Wildman–Crippen LogP) is 2.01. The van der Waals surface area contributed by atoms with Crippen molar-refractivity contribution >= 4 is 28.6 Å². The molecule has 1 saturated heterocycles. The lowest BCUT2D eigenvalue weighted by Gasteiger charge is -2.06. The van der Waals surface area contributed by atoms with Crippen molar-refractivity contribution in [2.75, 3.05) is 0 Å². The molecule has 1 aromatic carbocycles. The Morgan fingerprint density at radius 2 is 2.29 bits per heavy atom. The summed E-state index contributed by atoms with van der Waals surface area (Å²) in [5.74, 6) is -0.0174. The number of carbonyl (C=O) groups is 1. The summed E-state index contributed by atoms with van der Waals surface area (Å²) in [7, 11) is 0. The number of amides is 1. The van der Waals surface area contributed by atoms with Gasteiger partial charge in [0, 0.05) is 11.6 Å². The van der Waals surface area contributed by atoms with Crippen LogP contribution in [0.3, 0.4) is 0 Å². The fourth-order valence-electron chi connectivity index (χ4n) is 1.81. The lowest BCUT2D eigenvalue weighted by atomic mass is 10.1. The molecule has 2 aromatic rings. The number of carbonyl (C=O) groups excluding carboxylic acids is 1. The van der Waals surface area contributed by atoms with E-state index in [1.165, 1.54) is 18.1 Å². The summed E-state index contributed by atoms with van der Waals surface area (Å²) in [5, 5.41) is 4.14. The van der Waals surface area contributed by atoms with Gasteiger partial charge in [0.1, 0.15) is 11.6 Å². The topological polar surface area (TPSA) is 54.9 Å². The van der Waals surface area contributed by atoms with Crippen LogP contribution in [0.2, 0.25) is 0 Å². The molecule has 1 aliphatic heterocycles. The third-order valence-corrected chi connectivity index (χ3v) is 3.70. The van der Waals surface area contributed by atoms with Gasteiger partial charge in [-0.2, -0.15) is 0 Å². The minimum Gasteiger partial charge on any atom is -0.320 e. The Balaban J connectivity index is 2.06. The third kappa shape index (κ3) is 1.78. The zero-order chi connectivity index (χ0) is 11.8. The quantitative estimate of drug-likeness (QED) is 0.832. The first-order valence-corrected chi connectivity index (χ1v) is 5.98. The molecule has 84 valence electrons. The molecule has 17 heavy (non-hydrogen) atoms. The van der Waals surface area contributed by atoms with E-state index in [4.69, 9.17) is 0 Å². The summed E-state index contributed by atoms with van der Waals surface area (Å²) < 4.78 is 0. The molecule has 3 rings (SSSR count). The van der Waals surface area contributed by atoms with Gasteiger partial charge in [0.05, 0.1) is 10.5 Å². The highest BCUT2D eigenvalue weighted by atomic mass is 32.2. The maximum Gasteiger partial charge on any atom is 0.242 e. The van der Waals surface area contributed by atoms with Crippen LogP contribution in [-0.2, 0) is 4.79 Å². The molecular formula is C12H9N3OS. The van der Waals surface area contributed by atoms with Crippen LogP contribution in [0.5, 0.6) is 0 Å². The molecule has 0 radical (unpaired) electrons. The van der Waals surface area contributed by atoms with Crippen LogP contribution in [0.1, 0.15) is 10.8 Å². The van der Waals surface area contributed by atoms with Gasteiger partial charge in [-0.25, -0.2) is 9.97 Å². The summed E-state index contributed by atoms with van der Waals surface area (Å²) in [4.78, 5) is 19.8. The van der Waals surface area contributed by atoms with Crippen molar-refractivity contribution in [1.82, 2.24) is 15.3 Å². The van der Waals surface area contributed by atoms with Crippen LogP contribution >= 0.6 is 11.8 Å².